The normalized spacial score (nSPS) is 22.4. The van der Waals surface area contributed by atoms with Crippen molar-refractivity contribution < 1.29 is 9.90 Å². The molecule has 2 rings (SSSR count). The first-order chi connectivity index (χ1) is 7.99. The van der Waals surface area contributed by atoms with E-state index >= 15 is 0 Å². The fraction of sp³-hybridized carbons (Fsp3) is 0.538. The fourth-order valence-electron chi connectivity index (χ4n) is 2.40. The maximum Gasteiger partial charge on any atom is 0.354 e. The molecular weight excluding hydrogens is 216 g/mol. The molecule has 2 N–H and O–H groups in total. The third-order valence-corrected chi connectivity index (χ3v) is 3.58. The van der Waals surface area contributed by atoms with E-state index in [4.69, 9.17) is 5.11 Å². The highest BCUT2D eigenvalue weighted by Crippen LogP contribution is 2.38. The lowest BCUT2D eigenvalue weighted by atomic mass is 9.87. The van der Waals surface area contributed by atoms with Crippen LogP contribution in [0, 0.1) is 5.41 Å². The average Bonchev–Trinajstić information content (AvgIpc) is 2.59. The van der Waals surface area contributed by atoms with Crippen LogP contribution in [-0.4, -0.2) is 22.1 Å². The van der Waals surface area contributed by atoms with Crippen LogP contribution in [0.25, 0.3) is 0 Å². The van der Waals surface area contributed by atoms with Gasteiger partial charge in [0.1, 0.15) is 5.69 Å². The lowest BCUT2D eigenvalue weighted by Crippen LogP contribution is -2.30. The van der Waals surface area contributed by atoms with Gasteiger partial charge >= 0.3 is 5.97 Å². The SMILES string of the molecule is CC1(C)CCCC1Nc1ccc(C(=O)O)nc1. The van der Waals surface area contributed by atoms with Gasteiger partial charge in [-0.25, -0.2) is 9.78 Å². The minimum atomic E-state index is -0.988. The predicted molar refractivity (Wildman–Crippen MR) is 66.2 cm³/mol. The van der Waals surface area contributed by atoms with Gasteiger partial charge in [0, 0.05) is 6.04 Å². The Kier molecular flexibility index (Phi) is 3.05. The minimum absolute atomic E-state index is 0.0845. The van der Waals surface area contributed by atoms with E-state index in [2.05, 4.69) is 24.1 Å². The van der Waals surface area contributed by atoms with Gasteiger partial charge in [-0.05, 0) is 30.4 Å². The Labute approximate surface area is 101 Å². The molecule has 1 aliphatic rings. The van der Waals surface area contributed by atoms with Crippen molar-refractivity contribution >= 4 is 11.7 Å². The van der Waals surface area contributed by atoms with E-state index in [9.17, 15) is 4.79 Å². The Morgan fingerprint density at radius 3 is 2.76 bits per heavy atom. The quantitative estimate of drug-likeness (QED) is 0.844. The summed E-state index contributed by atoms with van der Waals surface area (Å²) in [5.41, 5.74) is 1.28. The number of carboxylic acid groups (broad SMARTS) is 1. The highest BCUT2D eigenvalue weighted by atomic mass is 16.4. The summed E-state index contributed by atoms with van der Waals surface area (Å²) in [6.07, 6.45) is 5.22. The summed E-state index contributed by atoms with van der Waals surface area (Å²) in [4.78, 5) is 14.6. The molecular formula is C13H18N2O2. The number of rotatable bonds is 3. The number of carboxylic acids is 1. The molecule has 1 atom stereocenters. The summed E-state index contributed by atoms with van der Waals surface area (Å²) < 4.78 is 0. The molecule has 0 aromatic carbocycles. The van der Waals surface area contributed by atoms with Gasteiger partial charge in [-0.2, -0.15) is 0 Å². The van der Waals surface area contributed by atoms with E-state index in [0.717, 1.165) is 12.1 Å². The molecule has 0 radical (unpaired) electrons. The van der Waals surface area contributed by atoms with Crippen molar-refractivity contribution in [2.24, 2.45) is 5.41 Å². The summed E-state index contributed by atoms with van der Waals surface area (Å²) in [5, 5.41) is 12.2. The predicted octanol–water partition coefficient (Wildman–Crippen LogP) is 2.77. The summed E-state index contributed by atoms with van der Waals surface area (Å²) in [5.74, 6) is -0.988. The Balaban J connectivity index is 2.06. The number of nitrogens with one attached hydrogen (secondary N) is 1. The molecule has 1 aromatic heterocycles. The maximum atomic E-state index is 10.7. The molecule has 17 heavy (non-hydrogen) atoms. The standard InChI is InChI=1S/C13H18N2O2/c1-13(2)7-3-4-11(13)15-9-5-6-10(12(16)17)14-8-9/h5-6,8,11,15H,3-4,7H2,1-2H3,(H,16,17). The first-order valence-electron chi connectivity index (χ1n) is 5.95. The van der Waals surface area contributed by atoms with Crippen LogP contribution in [0.2, 0.25) is 0 Å². The Morgan fingerprint density at radius 2 is 2.29 bits per heavy atom. The van der Waals surface area contributed by atoms with E-state index in [1.165, 1.54) is 18.9 Å². The van der Waals surface area contributed by atoms with E-state index in [1.807, 2.05) is 0 Å². The molecule has 0 saturated heterocycles. The average molecular weight is 234 g/mol. The lowest BCUT2D eigenvalue weighted by molar-refractivity contribution is 0.0690. The van der Waals surface area contributed by atoms with Crippen LogP contribution in [0.4, 0.5) is 5.69 Å². The van der Waals surface area contributed by atoms with Gasteiger partial charge in [0.2, 0.25) is 0 Å². The first-order valence-corrected chi connectivity index (χ1v) is 5.95. The Morgan fingerprint density at radius 1 is 1.53 bits per heavy atom. The van der Waals surface area contributed by atoms with Gasteiger partial charge in [-0.15, -0.1) is 0 Å². The monoisotopic (exact) mass is 234 g/mol. The summed E-state index contributed by atoms with van der Waals surface area (Å²) in [6.45, 7) is 4.52. The smallest absolute Gasteiger partial charge is 0.354 e. The topological polar surface area (TPSA) is 62.2 Å². The zero-order valence-electron chi connectivity index (χ0n) is 10.2. The molecule has 0 spiro atoms. The number of hydrogen-bond donors (Lipinski definition) is 2. The Bertz CT molecular complexity index is 412. The lowest BCUT2D eigenvalue weighted by Gasteiger charge is -2.28. The van der Waals surface area contributed by atoms with Crippen molar-refractivity contribution in [3.8, 4) is 0 Å². The molecule has 0 bridgehead atoms. The van der Waals surface area contributed by atoms with Crippen molar-refractivity contribution in [2.75, 3.05) is 5.32 Å². The molecule has 1 unspecified atom stereocenters. The zero-order chi connectivity index (χ0) is 12.5. The van der Waals surface area contributed by atoms with Crippen molar-refractivity contribution in [3.63, 3.8) is 0 Å². The van der Waals surface area contributed by atoms with Crippen LogP contribution in [-0.2, 0) is 0 Å². The van der Waals surface area contributed by atoms with Crippen molar-refractivity contribution in [2.45, 2.75) is 39.2 Å². The molecule has 1 heterocycles. The molecule has 4 heteroatoms. The molecule has 1 aromatic rings. The van der Waals surface area contributed by atoms with Gasteiger partial charge in [0.15, 0.2) is 0 Å². The number of aromatic nitrogens is 1. The molecule has 0 amide bonds. The van der Waals surface area contributed by atoms with Gasteiger partial charge in [-0.3, -0.25) is 0 Å². The summed E-state index contributed by atoms with van der Waals surface area (Å²) in [7, 11) is 0. The first kappa shape index (κ1) is 11.9. The van der Waals surface area contributed by atoms with Gasteiger partial charge in [-0.1, -0.05) is 20.3 Å². The van der Waals surface area contributed by atoms with E-state index < -0.39 is 5.97 Å². The van der Waals surface area contributed by atoms with E-state index in [-0.39, 0.29) is 5.69 Å². The highest BCUT2D eigenvalue weighted by molar-refractivity contribution is 5.85. The van der Waals surface area contributed by atoms with Crippen molar-refractivity contribution in [1.29, 1.82) is 0 Å². The van der Waals surface area contributed by atoms with E-state index in [1.54, 1.807) is 12.3 Å². The number of carbonyl (C=O) groups is 1. The van der Waals surface area contributed by atoms with Crippen molar-refractivity contribution in [1.82, 2.24) is 4.98 Å². The van der Waals surface area contributed by atoms with Crippen LogP contribution in [0.1, 0.15) is 43.6 Å². The van der Waals surface area contributed by atoms with Crippen LogP contribution < -0.4 is 5.32 Å². The molecule has 0 aliphatic heterocycles. The maximum absolute atomic E-state index is 10.7. The molecule has 1 fully saturated rings. The number of pyridine rings is 1. The summed E-state index contributed by atoms with van der Waals surface area (Å²) >= 11 is 0. The second kappa shape index (κ2) is 4.35. The minimum Gasteiger partial charge on any atom is -0.477 e. The van der Waals surface area contributed by atoms with Crippen LogP contribution in [0.5, 0.6) is 0 Å². The number of anilines is 1. The summed E-state index contributed by atoms with van der Waals surface area (Å²) in [6, 6.07) is 3.76. The van der Waals surface area contributed by atoms with Gasteiger partial charge < -0.3 is 10.4 Å². The number of nitrogens with zero attached hydrogens (tertiary/aromatic N) is 1. The highest BCUT2D eigenvalue weighted by Gasteiger charge is 2.34. The Hall–Kier alpha value is -1.58. The van der Waals surface area contributed by atoms with Gasteiger partial charge in [0.05, 0.1) is 11.9 Å². The van der Waals surface area contributed by atoms with Crippen LogP contribution >= 0.6 is 0 Å². The third kappa shape index (κ3) is 2.57. The van der Waals surface area contributed by atoms with Crippen LogP contribution in [0.15, 0.2) is 18.3 Å². The largest absolute Gasteiger partial charge is 0.477 e. The fourth-order valence-corrected chi connectivity index (χ4v) is 2.40. The molecule has 1 aliphatic carbocycles. The molecule has 1 saturated carbocycles. The van der Waals surface area contributed by atoms with E-state index in [0.29, 0.717) is 11.5 Å². The van der Waals surface area contributed by atoms with Gasteiger partial charge in [0.25, 0.3) is 0 Å². The molecule has 4 nitrogen and oxygen atoms in total. The second-order valence-corrected chi connectivity index (χ2v) is 5.32. The van der Waals surface area contributed by atoms with Crippen molar-refractivity contribution in [3.05, 3.63) is 24.0 Å². The van der Waals surface area contributed by atoms with Crippen LogP contribution in [0.3, 0.4) is 0 Å². The zero-order valence-corrected chi connectivity index (χ0v) is 10.2. The molecule has 92 valence electrons. The number of aromatic carboxylic acids is 1. The second-order valence-electron chi connectivity index (χ2n) is 5.32. The third-order valence-electron chi connectivity index (χ3n) is 3.58. The number of hydrogen-bond acceptors (Lipinski definition) is 3.